The van der Waals surface area contributed by atoms with E-state index in [-0.39, 0.29) is 11.9 Å². The molecule has 1 aliphatic rings. The Hall–Kier alpha value is -3.11. The van der Waals surface area contributed by atoms with Crippen LogP contribution < -0.4 is 4.74 Å². The number of ketones is 1. The fraction of sp³-hybridized carbons (Fsp3) is 0.321. The molecule has 32 heavy (non-hydrogen) atoms. The Kier molecular flexibility index (Phi) is 5.48. The highest BCUT2D eigenvalue weighted by molar-refractivity contribution is 6.15. The highest BCUT2D eigenvalue weighted by Gasteiger charge is 2.24. The van der Waals surface area contributed by atoms with E-state index in [4.69, 9.17) is 9.47 Å². The number of hydrogen-bond donors (Lipinski definition) is 0. The average molecular weight is 428 g/mol. The zero-order valence-corrected chi connectivity index (χ0v) is 19.0. The molecule has 1 unspecified atom stereocenters. The number of methoxy groups -OCH3 is 1. The molecule has 3 aromatic carbocycles. The van der Waals surface area contributed by atoms with E-state index in [2.05, 4.69) is 41.8 Å². The van der Waals surface area contributed by atoms with Gasteiger partial charge in [-0.1, -0.05) is 30.3 Å². The summed E-state index contributed by atoms with van der Waals surface area (Å²) in [4.78, 5) is 13.6. The Labute approximate surface area is 188 Å². The molecular weight excluding hydrogens is 398 g/mol. The molecule has 0 radical (unpaired) electrons. The molecule has 164 valence electrons. The second-order valence-corrected chi connectivity index (χ2v) is 8.54. The normalized spacial score (nSPS) is 16.5. The van der Waals surface area contributed by atoms with Crippen molar-refractivity contribution >= 4 is 27.6 Å². The van der Waals surface area contributed by atoms with Gasteiger partial charge in [-0.15, -0.1) is 0 Å². The van der Waals surface area contributed by atoms with Crippen LogP contribution in [0.3, 0.4) is 0 Å². The zero-order chi connectivity index (χ0) is 22.2. The molecule has 1 atom stereocenters. The van der Waals surface area contributed by atoms with Gasteiger partial charge in [-0.05, 0) is 57.4 Å². The number of benzene rings is 3. The number of hydrogen-bond acceptors (Lipinski definition) is 3. The van der Waals surface area contributed by atoms with Crippen LogP contribution in [0.1, 0.15) is 59.3 Å². The quantitative estimate of drug-likeness (QED) is 0.337. The topological polar surface area (TPSA) is 40.5 Å². The van der Waals surface area contributed by atoms with E-state index in [0.29, 0.717) is 11.1 Å². The smallest absolute Gasteiger partial charge is 0.193 e. The summed E-state index contributed by atoms with van der Waals surface area (Å²) in [6, 6.07) is 18.4. The Morgan fingerprint density at radius 3 is 2.62 bits per heavy atom. The van der Waals surface area contributed by atoms with Gasteiger partial charge in [0.15, 0.2) is 5.78 Å². The molecule has 0 aliphatic carbocycles. The molecule has 2 heterocycles. The van der Waals surface area contributed by atoms with Crippen molar-refractivity contribution in [3.63, 3.8) is 0 Å². The number of rotatable bonds is 5. The third-order valence-electron chi connectivity index (χ3n) is 6.76. The lowest BCUT2D eigenvalue weighted by Crippen LogP contribution is -2.14. The van der Waals surface area contributed by atoms with Gasteiger partial charge in [0.25, 0.3) is 0 Å². The number of carbonyl (C=O) groups excluding carboxylic acids is 1. The Bertz CT molecular complexity index is 1310. The van der Waals surface area contributed by atoms with Crippen LogP contribution in [0.15, 0.2) is 54.6 Å². The molecule has 4 heteroatoms. The number of nitrogens with zero attached hydrogens (tertiary/aromatic N) is 1. The predicted octanol–water partition coefficient (Wildman–Crippen LogP) is 6.60. The van der Waals surface area contributed by atoms with Crippen molar-refractivity contribution in [1.82, 2.24) is 4.57 Å². The minimum Gasteiger partial charge on any atom is -0.496 e. The minimum atomic E-state index is 0.0205. The fourth-order valence-corrected chi connectivity index (χ4v) is 5.16. The van der Waals surface area contributed by atoms with Crippen molar-refractivity contribution in [1.29, 1.82) is 0 Å². The van der Waals surface area contributed by atoms with Crippen molar-refractivity contribution < 1.29 is 14.3 Å². The number of fused-ring (bicyclic) bond motifs is 3. The van der Waals surface area contributed by atoms with E-state index in [1.54, 1.807) is 7.11 Å². The van der Waals surface area contributed by atoms with Gasteiger partial charge >= 0.3 is 0 Å². The summed E-state index contributed by atoms with van der Waals surface area (Å²) in [5.74, 6) is 0.790. The van der Waals surface area contributed by atoms with E-state index in [1.165, 1.54) is 10.9 Å². The molecule has 5 rings (SSSR count). The minimum absolute atomic E-state index is 0.0205. The third-order valence-corrected chi connectivity index (χ3v) is 6.76. The van der Waals surface area contributed by atoms with Gasteiger partial charge in [0.05, 0.1) is 13.2 Å². The van der Waals surface area contributed by atoms with E-state index < -0.39 is 0 Å². The highest BCUT2D eigenvalue weighted by Crippen LogP contribution is 2.38. The number of para-hydroxylation sites is 1. The predicted molar refractivity (Wildman–Crippen MR) is 129 cm³/mol. The van der Waals surface area contributed by atoms with E-state index in [9.17, 15) is 4.79 Å². The van der Waals surface area contributed by atoms with Crippen LogP contribution >= 0.6 is 0 Å². The van der Waals surface area contributed by atoms with Crippen molar-refractivity contribution in [2.24, 2.45) is 0 Å². The number of aryl methyl sites for hydroxylation is 1. The van der Waals surface area contributed by atoms with Gasteiger partial charge in [-0.25, -0.2) is 0 Å². The first-order valence-corrected chi connectivity index (χ1v) is 11.5. The number of carbonyl (C=O) groups is 1. The maximum absolute atomic E-state index is 13.6. The van der Waals surface area contributed by atoms with Crippen LogP contribution in [0.25, 0.3) is 21.8 Å². The summed E-state index contributed by atoms with van der Waals surface area (Å²) in [7, 11) is 1.68. The summed E-state index contributed by atoms with van der Waals surface area (Å²) < 4.78 is 14.0. The molecule has 0 spiro atoms. The maximum Gasteiger partial charge on any atom is 0.193 e. The lowest BCUT2D eigenvalue weighted by molar-refractivity contribution is 0.0135. The second-order valence-electron chi connectivity index (χ2n) is 8.54. The first-order valence-electron chi connectivity index (χ1n) is 11.5. The molecule has 1 fully saturated rings. The molecule has 0 N–H and O–H groups in total. The average Bonchev–Trinajstić information content (AvgIpc) is 3.17. The fourth-order valence-electron chi connectivity index (χ4n) is 5.16. The lowest BCUT2D eigenvalue weighted by Gasteiger charge is -2.25. The van der Waals surface area contributed by atoms with Gasteiger partial charge < -0.3 is 14.0 Å². The van der Waals surface area contributed by atoms with Crippen LogP contribution in [0, 0.1) is 6.92 Å². The monoisotopic (exact) mass is 427 g/mol. The van der Waals surface area contributed by atoms with Gasteiger partial charge in [0, 0.05) is 57.2 Å². The van der Waals surface area contributed by atoms with Crippen LogP contribution in [-0.2, 0) is 11.3 Å². The molecule has 0 bridgehead atoms. The standard InChI is InChI=1S/C28H29NO3/c1-4-29-24-10-6-5-9-21(24)23-17-19(12-15-25(23)29)27(30)20-13-14-22(28(31-3)18(20)2)26-11-7-8-16-32-26/h5-6,9-10,12-15,17,26H,4,7-8,11,16H2,1-3H3. The van der Waals surface area contributed by atoms with Gasteiger partial charge in [0.1, 0.15) is 5.75 Å². The van der Waals surface area contributed by atoms with Crippen molar-refractivity contribution in [2.45, 2.75) is 45.8 Å². The van der Waals surface area contributed by atoms with Gasteiger partial charge in [-0.2, -0.15) is 0 Å². The van der Waals surface area contributed by atoms with Crippen molar-refractivity contribution in [3.05, 3.63) is 76.9 Å². The lowest BCUT2D eigenvalue weighted by atomic mass is 9.92. The highest BCUT2D eigenvalue weighted by atomic mass is 16.5. The Morgan fingerprint density at radius 1 is 1.06 bits per heavy atom. The summed E-state index contributed by atoms with van der Waals surface area (Å²) in [5.41, 5.74) is 5.65. The molecule has 1 aliphatic heterocycles. The van der Waals surface area contributed by atoms with Crippen LogP contribution in [-0.4, -0.2) is 24.1 Å². The molecular formula is C28H29NO3. The first-order chi connectivity index (χ1) is 15.6. The van der Waals surface area contributed by atoms with Crippen LogP contribution in [0.4, 0.5) is 0 Å². The van der Waals surface area contributed by atoms with E-state index in [0.717, 1.165) is 60.2 Å². The van der Waals surface area contributed by atoms with Gasteiger partial charge in [-0.3, -0.25) is 4.79 Å². The Morgan fingerprint density at radius 2 is 1.88 bits per heavy atom. The summed E-state index contributed by atoms with van der Waals surface area (Å²) in [6.45, 7) is 5.79. The summed E-state index contributed by atoms with van der Waals surface area (Å²) in [5, 5.41) is 2.29. The maximum atomic E-state index is 13.6. The first kappa shape index (κ1) is 20.8. The number of aromatic nitrogens is 1. The summed E-state index contributed by atoms with van der Waals surface area (Å²) in [6.07, 6.45) is 3.28. The third kappa shape index (κ3) is 3.30. The largest absolute Gasteiger partial charge is 0.496 e. The SMILES string of the molecule is CCn1c2ccccc2c2cc(C(=O)c3ccc(C4CCCCO4)c(OC)c3C)ccc21. The van der Waals surface area contributed by atoms with Crippen LogP contribution in [0.2, 0.25) is 0 Å². The molecule has 4 nitrogen and oxygen atoms in total. The molecule has 0 amide bonds. The summed E-state index contributed by atoms with van der Waals surface area (Å²) >= 11 is 0. The molecule has 1 aromatic heterocycles. The van der Waals surface area contributed by atoms with Gasteiger partial charge in [0.2, 0.25) is 0 Å². The molecule has 1 saturated heterocycles. The number of ether oxygens (including phenoxy) is 2. The molecule has 4 aromatic rings. The Balaban J connectivity index is 1.59. The second kappa shape index (κ2) is 8.44. The van der Waals surface area contributed by atoms with Crippen LogP contribution in [0.5, 0.6) is 5.75 Å². The van der Waals surface area contributed by atoms with E-state index in [1.807, 2.05) is 31.2 Å². The molecule has 0 saturated carbocycles. The zero-order valence-electron chi connectivity index (χ0n) is 19.0. The van der Waals surface area contributed by atoms with E-state index >= 15 is 0 Å². The van der Waals surface area contributed by atoms with Crippen molar-refractivity contribution in [3.8, 4) is 5.75 Å². The van der Waals surface area contributed by atoms with Crippen molar-refractivity contribution in [2.75, 3.05) is 13.7 Å².